The molecule has 6 rings (SSSR count). The maximum absolute atomic E-state index is 15.8. The van der Waals surface area contributed by atoms with Gasteiger partial charge in [0.15, 0.2) is 5.82 Å². The molecule has 1 aliphatic rings. The zero-order chi connectivity index (χ0) is 31.2. The molecule has 0 spiro atoms. The normalized spacial score (nSPS) is 16.0. The standard InChI is InChI=1S/C33H29ClF2N4O4/c1-18-10-20(24(35)14-23(18)26-8-9-37-32(38-26)44-15-19-4-6-22(34)7-5-19)13-29-39-30-25(36)11-21(31(41)42)12-27(30)40(29)28-16-43-17-33(28,2)3/h4-12,14,28H,13,15-17H2,1-3H3,(H,41,42). The van der Waals surface area contributed by atoms with Crippen molar-refractivity contribution in [2.24, 2.45) is 5.41 Å². The van der Waals surface area contributed by atoms with Crippen molar-refractivity contribution in [3.8, 4) is 17.3 Å². The van der Waals surface area contributed by atoms with Crippen molar-refractivity contribution >= 4 is 28.6 Å². The van der Waals surface area contributed by atoms with E-state index in [4.69, 9.17) is 21.1 Å². The summed E-state index contributed by atoms with van der Waals surface area (Å²) in [6, 6.07) is 14.3. The number of aryl methyl sites for hydroxylation is 1. The smallest absolute Gasteiger partial charge is 0.335 e. The highest BCUT2D eigenvalue weighted by molar-refractivity contribution is 6.30. The molecule has 0 saturated carbocycles. The average molecular weight is 619 g/mol. The highest BCUT2D eigenvalue weighted by Crippen LogP contribution is 2.41. The van der Waals surface area contributed by atoms with Crippen molar-refractivity contribution in [2.45, 2.75) is 39.8 Å². The van der Waals surface area contributed by atoms with E-state index in [9.17, 15) is 9.90 Å². The monoisotopic (exact) mass is 618 g/mol. The first-order valence-electron chi connectivity index (χ1n) is 14.0. The van der Waals surface area contributed by atoms with Crippen molar-refractivity contribution < 1.29 is 28.2 Å². The summed E-state index contributed by atoms with van der Waals surface area (Å²) in [5.74, 6) is -2.07. The van der Waals surface area contributed by atoms with Gasteiger partial charge in [0.25, 0.3) is 0 Å². The number of hydrogen-bond donors (Lipinski definition) is 1. The van der Waals surface area contributed by atoms with Gasteiger partial charge < -0.3 is 19.1 Å². The molecule has 1 unspecified atom stereocenters. The topological polar surface area (TPSA) is 99.4 Å². The van der Waals surface area contributed by atoms with Gasteiger partial charge in [-0.1, -0.05) is 43.6 Å². The highest BCUT2D eigenvalue weighted by Gasteiger charge is 2.39. The number of benzene rings is 3. The second kappa shape index (κ2) is 11.6. The number of carboxylic acid groups (broad SMARTS) is 1. The second-order valence-corrected chi connectivity index (χ2v) is 12.1. The lowest BCUT2D eigenvalue weighted by atomic mass is 9.87. The summed E-state index contributed by atoms with van der Waals surface area (Å²) in [6.07, 6.45) is 1.60. The third kappa shape index (κ3) is 5.75. The van der Waals surface area contributed by atoms with Gasteiger partial charge >= 0.3 is 12.0 Å². The minimum absolute atomic E-state index is 0.0357. The SMILES string of the molecule is Cc1cc(Cc2nc3c(F)cc(C(=O)O)cc3n2C2COCC2(C)C)c(F)cc1-c1ccnc(OCc2ccc(Cl)cc2)n1. The molecule has 5 aromatic rings. The molecule has 8 nitrogen and oxygen atoms in total. The Balaban J connectivity index is 1.34. The summed E-state index contributed by atoms with van der Waals surface area (Å²) in [4.78, 5) is 25.0. The average Bonchev–Trinajstić information content (AvgIpc) is 3.52. The van der Waals surface area contributed by atoms with Crippen molar-refractivity contribution in [3.63, 3.8) is 0 Å². The molecule has 1 atom stereocenters. The van der Waals surface area contributed by atoms with E-state index in [2.05, 4.69) is 15.0 Å². The first-order chi connectivity index (χ1) is 21.0. The lowest BCUT2D eigenvalue weighted by Crippen LogP contribution is -2.27. The van der Waals surface area contributed by atoms with Gasteiger partial charge in [-0.25, -0.2) is 23.5 Å². The Morgan fingerprint density at radius 2 is 1.89 bits per heavy atom. The second-order valence-electron chi connectivity index (χ2n) is 11.6. The zero-order valence-corrected chi connectivity index (χ0v) is 25.0. The first-order valence-corrected chi connectivity index (χ1v) is 14.4. The van der Waals surface area contributed by atoms with Crippen LogP contribution in [0.25, 0.3) is 22.3 Å². The molecule has 44 heavy (non-hydrogen) atoms. The molecule has 0 aliphatic carbocycles. The van der Waals surface area contributed by atoms with E-state index < -0.39 is 17.6 Å². The highest BCUT2D eigenvalue weighted by atomic mass is 35.5. The van der Waals surface area contributed by atoms with E-state index in [0.29, 0.717) is 46.4 Å². The number of imidazole rings is 1. The van der Waals surface area contributed by atoms with Crippen LogP contribution in [-0.4, -0.2) is 43.8 Å². The molecule has 2 aromatic heterocycles. The van der Waals surface area contributed by atoms with Crippen molar-refractivity contribution in [3.05, 3.63) is 106 Å². The number of carboxylic acids is 1. The Hall–Kier alpha value is -4.41. The van der Waals surface area contributed by atoms with Crippen LogP contribution < -0.4 is 4.74 Å². The van der Waals surface area contributed by atoms with Crippen molar-refractivity contribution in [1.29, 1.82) is 0 Å². The Bertz CT molecular complexity index is 1890. The van der Waals surface area contributed by atoms with E-state index in [0.717, 1.165) is 17.2 Å². The summed E-state index contributed by atoms with van der Waals surface area (Å²) < 4.78 is 44.2. The number of rotatable bonds is 8. The number of aromatic carboxylic acids is 1. The fourth-order valence-corrected chi connectivity index (χ4v) is 5.71. The van der Waals surface area contributed by atoms with Gasteiger partial charge in [0.1, 0.15) is 23.8 Å². The first kappa shape index (κ1) is 29.7. The van der Waals surface area contributed by atoms with Gasteiger partial charge in [-0.15, -0.1) is 0 Å². The molecule has 1 fully saturated rings. The van der Waals surface area contributed by atoms with Crippen LogP contribution in [-0.2, 0) is 17.8 Å². The summed E-state index contributed by atoms with van der Waals surface area (Å²) in [5.41, 5.74) is 2.91. The van der Waals surface area contributed by atoms with Gasteiger partial charge in [0, 0.05) is 28.6 Å². The molecule has 1 aliphatic heterocycles. The number of hydrogen-bond acceptors (Lipinski definition) is 6. The minimum Gasteiger partial charge on any atom is -0.478 e. The van der Waals surface area contributed by atoms with Crippen LogP contribution in [0.15, 0.2) is 60.8 Å². The van der Waals surface area contributed by atoms with Gasteiger partial charge in [-0.2, -0.15) is 4.98 Å². The number of nitrogens with zero attached hydrogens (tertiary/aromatic N) is 4. The predicted octanol–water partition coefficient (Wildman–Crippen LogP) is 7.20. The Kier molecular flexibility index (Phi) is 7.81. The van der Waals surface area contributed by atoms with Gasteiger partial charge in [-0.3, -0.25) is 0 Å². The Morgan fingerprint density at radius 3 is 2.59 bits per heavy atom. The molecule has 1 N–H and O–H groups in total. The molecular formula is C33H29ClF2N4O4. The van der Waals surface area contributed by atoms with Crippen molar-refractivity contribution in [2.75, 3.05) is 13.2 Å². The molecule has 0 radical (unpaired) electrons. The molecule has 11 heteroatoms. The maximum atomic E-state index is 15.8. The summed E-state index contributed by atoms with van der Waals surface area (Å²) >= 11 is 5.95. The van der Waals surface area contributed by atoms with Crippen molar-refractivity contribution in [1.82, 2.24) is 19.5 Å². The fourth-order valence-electron chi connectivity index (χ4n) is 5.59. The van der Waals surface area contributed by atoms with Crippen LogP contribution in [0.5, 0.6) is 6.01 Å². The number of aromatic nitrogens is 4. The third-order valence-electron chi connectivity index (χ3n) is 7.96. The van der Waals surface area contributed by atoms with Gasteiger partial charge in [0.2, 0.25) is 0 Å². The molecule has 1 saturated heterocycles. The summed E-state index contributed by atoms with van der Waals surface area (Å²) in [7, 11) is 0. The maximum Gasteiger partial charge on any atom is 0.335 e. The third-order valence-corrected chi connectivity index (χ3v) is 8.22. The lowest BCUT2D eigenvalue weighted by Gasteiger charge is -2.28. The van der Waals surface area contributed by atoms with E-state index >= 15 is 8.78 Å². The van der Waals surface area contributed by atoms with Crippen LogP contribution in [0.3, 0.4) is 0 Å². The molecule has 0 amide bonds. The number of ether oxygens (including phenoxy) is 2. The Morgan fingerprint density at radius 1 is 1.11 bits per heavy atom. The summed E-state index contributed by atoms with van der Waals surface area (Å²) in [5, 5.41) is 10.2. The lowest BCUT2D eigenvalue weighted by molar-refractivity contribution is 0.0696. The van der Waals surface area contributed by atoms with Crippen LogP contribution in [0.4, 0.5) is 8.78 Å². The number of carbonyl (C=O) groups is 1. The molecule has 3 aromatic carbocycles. The van der Waals surface area contributed by atoms with Crippen LogP contribution in [0.1, 0.15) is 52.8 Å². The minimum atomic E-state index is -1.25. The number of halogens is 3. The van der Waals surface area contributed by atoms with Crippen LogP contribution in [0, 0.1) is 24.0 Å². The van der Waals surface area contributed by atoms with E-state index in [1.54, 1.807) is 30.5 Å². The van der Waals surface area contributed by atoms with Crippen LogP contribution in [0.2, 0.25) is 5.02 Å². The molecule has 0 bridgehead atoms. The fraction of sp³-hybridized carbons (Fsp3) is 0.273. The van der Waals surface area contributed by atoms with Crippen LogP contribution >= 0.6 is 11.6 Å². The molecule has 226 valence electrons. The van der Waals surface area contributed by atoms with Gasteiger partial charge in [0.05, 0.1) is 36.0 Å². The molecular weight excluding hydrogens is 590 g/mol. The number of fused-ring (bicyclic) bond motifs is 1. The summed E-state index contributed by atoms with van der Waals surface area (Å²) in [6.45, 7) is 6.93. The quantitative estimate of drug-likeness (QED) is 0.196. The van der Waals surface area contributed by atoms with E-state index in [1.807, 2.05) is 37.5 Å². The van der Waals surface area contributed by atoms with E-state index in [1.165, 1.54) is 12.1 Å². The Labute approximate surface area is 257 Å². The largest absolute Gasteiger partial charge is 0.478 e. The predicted molar refractivity (Wildman–Crippen MR) is 161 cm³/mol. The van der Waals surface area contributed by atoms with Gasteiger partial charge in [-0.05, 0) is 60.0 Å². The van der Waals surface area contributed by atoms with E-state index in [-0.39, 0.29) is 41.6 Å². The zero-order valence-electron chi connectivity index (χ0n) is 24.3. The molecule has 3 heterocycles.